The van der Waals surface area contributed by atoms with Crippen LogP contribution in [0.1, 0.15) is 11.1 Å². The second-order valence-corrected chi connectivity index (χ2v) is 4.40. The molecule has 0 aliphatic heterocycles. The summed E-state index contributed by atoms with van der Waals surface area (Å²) in [5.41, 5.74) is 7.36. The molecular formula is C11H14BrNO3. The Bertz CT molecular complexity index is 406. The third kappa shape index (κ3) is 2.96. The maximum atomic E-state index is 10.7. The summed E-state index contributed by atoms with van der Waals surface area (Å²) in [5, 5.41) is 8.76. The van der Waals surface area contributed by atoms with Crippen LogP contribution in [0.2, 0.25) is 0 Å². The van der Waals surface area contributed by atoms with E-state index in [0.717, 1.165) is 15.6 Å². The minimum absolute atomic E-state index is 0.289. The number of rotatable bonds is 4. The second kappa shape index (κ2) is 5.32. The molecule has 0 radical (unpaired) electrons. The van der Waals surface area contributed by atoms with Gasteiger partial charge in [0.05, 0.1) is 7.11 Å². The van der Waals surface area contributed by atoms with Crippen LogP contribution in [-0.2, 0) is 11.2 Å². The molecule has 1 aromatic rings. The van der Waals surface area contributed by atoms with Gasteiger partial charge in [0.2, 0.25) is 0 Å². The zero-order valence-electron chi connectivity index (χ0n) is 9.16. The first-order valence-electron chi connectivity index (χ1n) is 4.77. The number of aliphatic carboxylic acids is 1. The summed E-state index contributed by atoms with van der Waals surface area (Å²) in [4.78, 5) is 10.7. The molecule has 0 aliphatic rings. The lowest BCUT2D eigenvalue weighted by atomic mass is 10.0. The molecule has 0 saturated carbocycles. The molecule has 0 aromatic heterocycles. The molecule has 1 rings (SSSR count). The summed E-state index contributed by atoms with van der Waals surface area (Å²) in [6, 6.07) is 2.76. The molecule has 88 valence electrons. The van der Waals surface area contributed by atoms with E-state index in [-0.39, 0.29) is 6.42 Å². The van der Waals surface area contributed by atoms with Gasteiger partial charge in [-0.2, -0.15) is 0 Å². The predicted molar refractivity (Wildman–Crippen MR) is 64.7 cm³/mol. The van der Waals surface area contributed by atoms with Crippen LogP contribution in [0.15, 0.2) is 16.6 Å². The first-order valence-corrected chi connectivity index (χ1v) is 5.56. The standard InChI is InChI=1S/C11H14BrNO3/c1-6-7(4-10(13)11(14)15)3-8(16-2)5-9(6)12/h3,5,10H,4,13H2,1-2H3,(H,14,15). The van der Waals surface area contributed by atoms with Gasteiger partial charge in [0.1, 0.15) is 11.8 Å². The molecule has 0 heterocycles. The topological polar surface area (TPSA) is 72.5 Å². The van der Waals surface area contributed by atoms with Crippen LogP contribution in [-0.4, -0.2) is 24.2 Å². The van der Waals surface area contributed by atoms with E-state index >= 15 is 0 Å². The van der Waals surface area contributed by atoms with Crippen LogP contribution in [0.4, 0.5) is 0 Å². The van der Waals surface area contributed by atoms with Crippen LogP contribution in [0.5, 0.6) is 5.75 Å². The molecule has 0 spiro atoms. The van der Waals surface area contributed by atoms with Crippen LogP contribution in [0.25, 0.3) is 0 Å². The summed E-state index contributed by atoms with van der Waals surface area (Å²) < 4.78 is 6.00. The van der Waals surface area contributed by atoms with Gasteiger partial charge in [0.15, 0.2) is 0 Å². The fourth-order valence-electron chi connectivity index (χ4n) is 1.36. The van der Waals surface area contributed by atoms with Crippen molar-refractivity contribution in [3.05, 3.63) is 27.7 Å². The smallest absolute Gasteiger partial charge is 0.320 e. The van der Waals surface area contributed by atoms with E-state index in [2.05, 4.69) is 15.9 Å². The molecule has 0 fully saturated rings. The molecule has 5 heteroatoms. The summed E-state index contributed by atoms with van der Waals surface area (Å²) in [7, 11) is 1.57. The van der Waals surface area contributed by atoms with E-state index in [1.165, 1.54) is 0 Å². The van der Waals surface area contributed by atoms with E-state index in [1.807, 2.05) is 19.1 Å². The largest absolute Gasteiger partial charge is 0.497 e. The van der Waals surface area contributed by atoms with Crippen molar-refractivity contribution in [2.75, 3.05) is 7.11 Å². The lowest BCUT2D eigenvalue weighted by Crippen LogP contribution is -2.32. The highest BCUT2D eigenvalue weighted by molar-refractivity contribution is 9.10. The molecular weight excluding hydrogens is 274 g/mol. The Balaban J connectivity index is 3.03. The molecule has 4 nitrogen and oxygen atoms in total. The Hall–Kier alpha value is -1.07. The molecule has 1 atom stereocenters. The number of hydrogen-bond acceptors (Lipinski definition) is 3. The van der Waals surface area contributed by atoms with Crippen LogP contribution in [0, 0.1) is 6.92 Å². The minimum Gasteiger partial charge on any atom is -0.497 e. The van der Waals surface area contributed by atoms with Crippen molar-refractivity contribution in [3.8, 4) is 5.75 Å². The third-order valence-electron chi connectivity index (χ3n) is 2.42. The number of carboxylic acid groups (broad SMARTS) is 1. The Morgan fingerprint density at radius 2 is 2.25 bits per heavy atom. The zero-order valence-corrected chi connectivity index (χ0v) is 10.7. The fourth-order valence-corrected chi connectivity index (χ4v) is 1.84. The quantitative estimate of drug-likeness (QED) is 0.885. The first kappa shape index (κ1) is 13.0. The van der Waals surface area contributed by atoms with E-state index < -0.39 is 12.0 Å². The van der Waals surface area contributed by atoms with Gasteiger partial charge in [-0.1, -0.05) is 15.9 Å². The molecule has 0 saturated heterocycles. The van der Waals surface area contributed by atoms with Gasteiger partial charge in [-0.25, -0.2) is 0 Å². The Morgan fingerprint density at radius 3 is 2.75 bits per heavy atom. The van der Waals surface area contributed by atoms with Gasteiger partial charge in [-0.05, 0) is 36.6 Å². The van der Waals surface area contributed by atoms with Crippen molar-refractivity contribution in [1.82, 2.24) is 0 Å². The molecule has 0 amide bonds. The Morgan fingerprint density at radius 1 is 1.62 bits per heavy atom. The first-order chi connectivity index (χ1) is 7.45. The average Bonchev–Trinajstić information content (AvgIpc) is 2.24. The van der Waals surface area contributed by atoms with Crippen LogP contribution >= 0.6 is 15.9 Å². The Labute approximate surface area is 103 Å². The number of benzene rings is 1. The molecule has 0 bridgehead atoms. The summed E-state index contributed by atoms with van der Waals surface area (Å²) >= 11 is 3.40. The van der Waals surface area contributed by atoms with Gasteiger partial charge in [0, 0.05) is 4.47 Å². The van der Waals surface area contributed by atoms with E-state index in [4.69, 9.17) is 15.6 Å². The van der Waals surface area contributed by atoms with Crippen molar-refractivity contribution in [2.45, 2.75) is 19.4 Å². The predicted octanol–water partition coefficient (Wildman–Crippen LogP) is 1.72. The zero-order chi connectivity index (χ0) is 12.3. The third-order valence-corrected chi connectivity index (χ3v) is 3.24. The number of carbonyl (C=O) groups is 1. The lowest BCUT2D eigenvalue weighted by molar-refractivity contribution is -0.138. The highest BCUT2D eigenvalue weighted by Crippen LogP contribution is 2.27. The normalized spacial score (nSPS) is 12.2. The monoisotopic (exact) mass is 287 g/mol. The summed E-state index contributed by atoms with van der Waals surface area (Å²) in [6.07, 6.45) is 0.289. The van der Waals surface area contributed by atoms with Crippen LogP contribution in [0.3, 0.4) is 0 Å². The van der Waals surface area contributed by atoms with Crippen molar-refractivity contribution < 1.29 is 14.6 Å². The van der Waals surface area contributed by atoms with E-state index in [0.29, 0.717) is 5.75 Å². The number of carboxylic acids is 1. The number of ether oxygens (including phenoxy) is 1. The van der Waals surface area contributed by atoms with Gasteiger partial charge in [0.25, 0.3) is 0 Å². The number of nitrogens with two attached hydrogens (primary N) is 1. The van der Waals surface area contributed by atoms with E-state index in [1.54, 1.807) is 7.11 Å². The van der Waals surface area contributed by atoms with Crippen molar-refractivity contribution in [3.63, 3.8) is 0 Å². The van der Waals surface area contributed by atoms with Gasteiger partial charge < -0.3 is 15.6 Å². The maximum Gasteiger partial charge on any atom is 0.320 e. The maximum absolute atomic E-state index is 10.7. The molecule has 1 unspecified atom stereocenters. The van der Waals surface area contributed by atoms with Gasteiger partial charge >= 0.3 is 5.97 Å². The minimum atomic E-state index is -1.00. The molecule has 3 N–H and O–H groups in total. The number of methoxy groups -OCH3 is 1. The van der Waals surface area contributed by atoms with Gasteiger partial charge in [-0.3, -0.25) is 4.79 Å². The number of halogens is 1. The average molecular weight is 288 g/mol. The SMILES string of the molecule is COc1cc(Br)c(C)c(CC(N)C(=O)O)c1. The molecule has 1 aromatic carbocycles. The van der Waals surface area contributed by atoms with Crippen LogP contribution < -0.4 is 10.5 Å². The fraction of sp³-hybridized carbons (Fsp3) is 0.364. The lowest BCUT2D eigenvalue weighted by Gasteiger charge is -2.12. The van der Waals surface area contributed by atoms with Crippen molar-refractivity contribution >= 4 is 21.9 Å². The second-order valence-electron chi connectivity index (χ2n) is 3.54. The van der Waals surface area contributed by atoms with Crippen molar-refractivity contribution in [1.29, 1.82) is 0 Å². The number of hydrogen-bond donors (Lipinski definition) is 2. The molecule has 16 heavy (non-hydrogen) atoms. The van der Waals surface area contributed by atoms with Gasteiger partial charge in [-0.15, -0.1) is 0 Å². The highest BCUT2D eigenvalue weighted by Gasteiger charge is 2.15. The Kier molecular flexibility index (Phi) is 4.32. The van der Waals surface area contributed by atoms with Crippen molar-refractivity contribution in [2.24, 2.45) is 5.73 Å². The molecule has 0 aliphatic carbocycles. The summed E-state index contributed by atoms with van der Waals surface area (Å²) in [5.74, 6) is -0.316. The van der Waals surface area contributed by atoms with E-state index in [9.17, 15) is 4.79 Å². The highest BCUT2D eigenvalue weighted by atomic mass is 79.9. The summed E-state index contributed by atoms with van der Waals surface area (Å²) in [6.45, 7) is 1.91.